The molecule has 2 heterocycles. The first-order valence-electron chi connectivity index (χ1n) is 9.29. The molecule has 1 aromatic carbocycles. The van der Waals surface area contributed by atoms with Gasteiger partial charge in [-0.3, -0.25) is 4.79 Å². The highest BCUT2D eigenvalue weighted by Crippen LogP contribution is 2.31. The summed E-state index contributed by atoms with van der Waals surface area (Å²) < 4.78 is 23.0. The van der Waals surface area contributed by atoms with Crippen LogP contribution in [-0.2, 0) is 0 Å². The van der Waals surface area contributed by atoms with Crippen molar-refractivity contribution >= 4 is 18.5 Å². The first-order valence-corrected chi connectivity index (χ1v) is 9.69. The summed E-state index contributed by atoms with van der Waals surface area (Å²) in [4.78, 5) is 15.3. The predicted molar refractivity (Wildman–Crippen MR) is 106 cm³/mol. The Labute approximate surface area is 163 Å². The molecule has 1 saturated carbocycles. The Morgan fingerprint density at radius 3 is 2.52 bits per heavy atom. The van der Waals surface area contributed by atoms with Crippen molar-refractivity contribution in [2.75, 3.05) is 31.1 Å². The average molecular weight is 390 g/mol. The molecule has 2 aromatic rings. The maximum Gasteiger partial charge on any atom is 0.316 e. The number of hydrogen-bond acceptors (Lipinski definition) is 6. The van der Waals surface area contributed by atoms with E-state index in [0.717, 1.165) is 26.2 Å². The topological polar surface area (TPSA) is 50.6 Å². The standard InChI is InChI=1S/C19H23FN4O2S/c20-14-6-7-16(12-14)26-18-17(22-8-10-23(27)11-9-22)13-21-24(19(18)25)15-4-2-1-3-5-15/h1-5,13-14,16,27H,6-12H2. The number of piperazine rings is 1. The summed E-state index contributed by atoms with van der Waals surface area (Å²) in [5, 5.41) is 4.37. The summed E-state index contributed by atoms with van der Waals surface area (Å²) in [5.41, 5.74) is 1.04. The Bertz CT molecular complexity index is 839. The van der Waals surface area contributed by atoms with Crippen molar-refractivity contribution in [3.05, 3.63) is 46.9 Å². The summed E-state index contributed by atoms with van der Waals surface area (Å²) in [6.07, 6.45) is 1.99. The Morgan fingerprint density at radius 2 is 1.85 bits per heavy atom. The van der Waals surface area contributed by atoms with Crippen LogP contribution in [0.3, 0.4) is 0 Å². The fourth-order valence-electron chi connectivity index (χ4n) is 3.62. The minimum absolute atomic E-state index is 0.264. The van der Waals surface area contributed by atoms with Crippen molar-refractivity contribution in [2.45, 2.75) is 31.5 Å². The molecule has 2 atom stereocenters. The summed E-state index contributed by atoms with van der Waals surface area (Å²) >= 11 is 4.38. The third-order valence-electron chi connectivity index (χ3n) is 5.12. The molecule has 144 valence electrons. The summed E-state index contributed by atoms with van der Waals surface area (Å²) in [6, 6.07) is 9.25. The average Bonchev–Trinajstić information content (AvgIpc) is 3.10. The van der Waals surface area contributed by atoms with Gasteiger partial charge in [0, 0.05) is 32.6 Å². The number of anilines is 1. The molecule has 0 radical (unpaired) electrons. The molecular formula is C19H23FN4O2S. The second-order valence-corrected chi connectivity index (χ2v) is 7.57. The van der Waals surface area contributed by atoms with E-state index in [9.17, 15) is 9.18 Å². The Morgan fingerprint density at radius 1 is 1.11 bits per heavy atom. The third-order valence-corrected chi connectivity index (χ3v) is 5.52. The van der Waals surface area contributed by atoms with Crippen LogP contribution in [0.1, 0.15) is 19.3 Å². The van der Waals surface area contributed by atoms with Crippen molar-refractivity contribution in [1.82, 2.24) is 14.1 Å². The molecular weight excluding hydrogens is 367 g/mol. The highest BCUT2D eigenvalue weighted by atomic mass is 32.1. The molecule has 0 N–H and O–H groups in total. The van der Waals surface area contributed by atoms with Crippen LogP contribution in [0.25, 0.3) is 5.69 Å². The molecule has 1 aliphatic carbocycles. The van der Waals surface area contributed by atoms with E-state index in [1.807, 2.05) is 34.6 Å². The van der Waals surface area contributed by atoms with Gasteiger partial charge >= 0.3 is 5.56 Å². The fourth-order valence-corrected chi connectivity index (χ4v) is 3.80. The van der Waals surface area contributed by atoms with E-state index in [1.165, 1.54) is 4.68 Å². The van der Waals surface area contributed by atoms with Crippen LogP contribution < -0.4 is 15.2 Å². The number of aromatic nitrogens is 2. The van der Waals surface area contributed by atoms with Crippen molar-refractivity contribution in [2.24, 2.45) is 0 Å². The number of rotatable bonds is 4. The second kappa shape index (κ2) is 7.90. The van der Waals surface area contributed by atoms with Gasteiger partial charge in [-0.25, -0.2) is 8.70 Å². The van der Waals surface area contributed by atoms with Crippen LogP contribution in [0.4, 0.5) is 10.1 Å². The van der Waals surface area contributed by atoms with Gasteiger partial charge in [-0.1, -0.05) is 31.0 Å². The maximum atomic E-state index is 13.6. The quantitative estimate of drug-likeness (QED) is 0.813. The molecule has 0 spiro atoms. The van der Waals surface area contributed by atoms with Crippen molar-refractivity contribution in [1.29, 1.82) is 0 Å². The van der Waals surface area contributed by atoms with Gasteiger partial charge < -0.3 is 9.64 Å². The van der Waals surface area contributed by atoms with E-state index in [0.29, 0.717) is 30.6 Å². The molecule has 2 fully saturated rings. The molecule has 8 heteroatoms. The second-order valence-electron chi connectivity index (χ2n) is 7.00. The zero-order valence-electron chi connectivity index (χ0n) is 15.0. The van der Waals surface area contributed by atoms with Gasteiger partial charge in [-0.05, 0) is 25.0 Å². The Hall–Kier alpha value is -2.06. The smallest absolute Gasteiger partial charge is 0.316 e. The van der Waals surface area contributed by atoms with Crippen LogP contribution in [0.2, 0.25) is 0 Å². The van der Waals surface area contributed by atoms with E-state index in [1.54, 1.807) is 6.20 Å². The van der Waals surface area contributed by atoms with Gasteiger partial charge in [-0.2, -0.15) is 9.78 Å². The number of para-hydroxylation sites is 1. The van der Waals surface area contributed by atoms with Gasteiger partial charge in [0.25, 0.3) is 0 Å². The first kappa shape index (κ1) is 18.3. The van der Waals surface area contributed by atoms with Gasteiger partial charge in [0.2, 0.25) is 5.75 Å². The Kier molecular flexibility index (Phi) is 5.36. The van der Waals surface area contributed by atoms with Gasteiger partial charge in [0.05, 0.1) is 11.9 Å². The molecule has 1 aromatic heterocycles. The van der Waals surface area contributed by atoms with Crippen LogP contribution in [0.5, 0.6) is 5.75 Å². The molecule has 0 amide bonds. The number of halogens is 1. The lowest BCUT2D eigenvalue weighted by molar-refractivity contribution is 0.193. The minimum Gasteiger partial charge on any atom is -0.483 e. The highest BCUT2D eigenvalue weighted by Gasteiger charge is 2.29. The van der Waals surface area contributed by atoms with Gasteiger partial charge in [0.15, 0.2) is 0 Å². The lowest BCUT2D eigenvalue weighted by Crippen LogP contribution is -2.43. The van der Waals surface area contributed by atoms with Crippen molar-refractivity contribution < 1.29 is 9.13 Å². The van der Waals surface area contributed by atoms with E-state index in [2.05, 4.69) is 22.8 Å². The van der Waals surface area contributed by atoms with E-state index in [-0.39, 0.29) is 17.4 Å². The summed E-state index contributed by atoms with van der Waals surface area (Å²) in [6.45, 7) is 3.01. The molecule has 6 nitrogen and oxygen atoms in total. The monoisotopic (exact) mass is 390 g/mol. The zero-order chi connectivity index (χ0) is 18.8. The molecule has 1 saturated heterocycles. The van der Waals surface area contributed by atoms with Crippen LogP contribution in [0.15, 0.2) is 41.3 Å². The molecule has 0 bridgehead atoms. The van der Waals surface area contributed by atoms with E-state index in [4.69, 9.17) is 4.74 Å². The minimum atomic E-state index is -0.857. The molecule has 1 aliphatic heterocycles. The number of hydrogen-bond donors (Lipinski definition) is 1. The number of benzene rings is 1. The molecule has 2 aliphatic rings. The van der Waals surface area contributed by atoms with E-state index < -0.39 is 6.17 Å². The SMILES string of the molecule is O=c1c(OC2CCC(F)C2)c(N2CCN(S)CC2)cnn1-c1ccccc1. The molecule has 2 unspecified atom stereocenters. The lowest BCUT2D eigenvalue weighted by atomic mass is 10.2. The largest absolute Gasteiger partial charge is 0.483 e. The predicted octanol–water partition coefficient (Wildman–Crippen LogP) is 2.47. The number of thiol groups is 1. The Balaban J connectivity index is 1.71. The third kappa shape index (κ3) is 3.96. The molecule has 4 rings (SSSR count). The lowest BCUT2D eigenvalue weighted by Gasteiger charge is -2.34. The van der Waals surface area contributed by atoms with Crippen molar-refractivity contribution in [3.63, 3.8) is 0 Å². The number of alkyl halides is 1. The number of ether oxygens (including phenoxy) is 1. The van der Waals surface area contributed by atoms with E-state index >= 15 is 0 Å². The van der Waals surface area contributed by atoms with Crippen LogP contribution in [0, 0.1) is 0 Å². The van der Waals surface area contributed by atoms with Crippen molar-refractivity contribution in [3.8, 4) is 11.4 Å². The van der Waals surface area contributed by atoms with Crippen LogP contribution in [-0.4, -0.2) is 52.5 Å². The normalized spacial score (nSPS) is 23.6. The molecule has 27 heavy (non-hydrogen) atoms. The zero-order valence-corrected chi connectivity index (χ0v) is 15.9. The van der Waals surface area contributed by atoms with Crippen LogP contribution >= 0.6 is 12.8 Å². The first-order chi connectivity index (χ1) is 13.1. The maximum absolute atomic E-state index is 13.6. The number of nitrogens with zero attached hydrogens (tertiary/aromatic N) is 4. The summed E-state index contributed by atoms with van der Waals surface area (Å²) in [7, 11) is 0. The van der Waals surface area contributed by atoms with Gasteiger partial charge in [0.1, 0.15) is 18.0 Å². The van der Waals surface area contributed by atoms with Gasteiger partial charge in [-0.15, -0.1) is 0 Å². The highest BCUT2D eigenvalue weighted by molar-refractivity contribution is 7.77. The summed E-state index contributed by atoms with van der Waals surface area (Å²) in [5.74, 6) is 0.264. The fraction of sp³-hybridized carbons (Fsp3) is 0.474.